The van der Waals surface area contributed by atoms with E-state index in [0.717, 1.165) is 27.7 Å². The molecule has 3 rings (SSSR count). The highest BCUT2D eigenvalue weighted by molar-refractivity contribution is 6.42. The van der Waals surface area contributed by atoms with Gasteiger partial charge in [0.15, 0.2) is 0 Å². The second-order valence-corrected chi connectivity index (χ2v) is 9.23. The van der Waals surface area contributed by atoms with Crippen LogP contribution in [0.2, 0.25) is 0 Å². The first-order valence-electron chi connectivity index (χ1n) is 13.7. The van der Waals surface area contributed by atoms with E-state index in [-0.39, 0.29) is 31.6 Å². The SMILES string of the molecule is CC(=O)C(C#N)Cc1cc(C#N)cc(CCOC(Cc2coc3ccccc23)B(O)O)c1.CCC.CCC.NC=O. The van der Waals surface area contributed by atoms with Crippen molar-refractivity contribution in [2.24, 2.45) is 11.7 Å². The number of ketones is 1. The molecule has 1 amide bonds. The monoisotopic (exact) mass is 563 g/mol. The molecule has 0 fully saturated rings. The van der Waals surface area contributed by atoms with E-state index >= 15 is 0 Å². The van der Waals surface area contributed by atoms with Crippen LogP contribution >= 0.6 is 0 Å². The molecule has 3 aromatic rings. The van der Waals surface area contributed by atoms with E-state index in [9.17, 15) is 20.1 Å². The molecule has 0 saturated heterocycles. The number of para-hydroxylation sites is 1. The third kappa shape index (κ3) is 14.3. The second kappa shape index (κ2) is 21.8. The number of ether oxygens (including phenoxy) is 1. The van der Waals surface area contributed by atoms with Gasteiger partial charge < -0.3 is 24.9 Å². The van der Waals surface area contributed by atoms with Crippen molar-refractivity contribution in [3.8, 4) is 12.1 Å². The Kier molecular flexibility index (Phi) is 19.7. The maximum Gasteiger partial charge on any atom is 0.482 e. The molecule has 0 spiro atoms. The summed E-state index contributed by atoms with van der Waals surface area (Å²) in [4.78, 5) is 20.2. The summed E-state index contributed by atoms with van der Waals surface area (Å²) in [7, 11) is -1.67. The molecule has 0 aliphatic carbocycles. The van der Waals surface area contributed by atoms with Crippen molar-refractivity contribution in [2.45, 2.75) is 72.7 Å². The fraction of sp³-hybridized carbons (Fsp3) is 0.419. The second-order valence-electron chi connectivity index (χ2n) is 9.23. The first kappa shape index (κ1) is 37.0. The molecule has 0 aliphatic heterocycles. The van der Waals surface area contributed by atoms with Crippen molar-refractivity contribution >= 4 is 30.3 Å². The summed E-state index contributed by atoms with van der Waals surface area (Å²) < 4.78 is 11.3. The lowest BCUT2D eigenvalue weighted by Crippen LogP contribution is -2.36. The summed E-state index contributed by atoms with van der Waals surface area (Å²) in [5, 5.41) is 38.9. The van der Waals surface area contributed by atoms with Crippen molar-refractivity contribution in [3.05, 3.63) is 71.0 Å². The summed E-state index contributed by atoms with van der Waals surface area (Å²) in [6.07, 6.45) is 5.27. The lowest BCUT2D eigenvalue weighted by atomic mass is 9.78. The van der Waals surface area contributed by atoms with Gasteiger partial charge in [0.1, 0.15) is 17.3 Å². The molecule has 1 heterocycles. The number of carbonyl (C=O) groups excluding carboxylic acids is 2. The van der Waals surface area contributed by atoms with Crippen LogP contribution in [0.4, 0.5) is 0 Å². The third-order valence-electron chi connectivity index (χ3n) is 5.31. The lowest BCUT2D eigenvalue weighted by molar-refractivity contribution is -0.119. The number of hydrogen-bond donors (Lipinski definition) is 3. The Labute approximate surface area is 243 Å². The van der Waals surface area contributed by atoms with Crippen molar-refractivity contribution < 1.29 is 28.8 Å². The average Bonchev–Trinajstić information content (AvgIpc) is 3.35. The number of primary amides is 1. The number of amides is 1. The summed E-state index contributed by atoms with van der Waals surface area (Å²) in [6, 6.07) is 15.9. The highest BCUT2D eigenvalue weighted by Gasteiger charge is 2.26. The molecule has 1 aromatic heterocycles. The molecule has 0 bridgehead atoms. The van der Waals surface area contributed by atoms with Crippen molar-refractivity contribution in [3.63, 3.8) is 0 Å². The van der Waals surface area contributed by atoms with Crippen molar-refractivity contribution in [1.82, 2.24) is 0 Å². The van der Waals surface area contributed by atoms with Gasteiger partial charge in [0.05, 0.1) is 36.6 Å². The number of benzene rings is 2. The van der Waals surface area contributed by atoms with Crippen molar-refractivity contribution in [2.75, 3.05) is 6.61 Å². The van der Waals surface area contributed by atoms with Crippen LogP contribution in [0.3, 0.4) is 0 Å². The predicted octanol–water partition coefficient (Wildman–Crippen LogP) is 4.69. The van der Waals surface area contributed by atoms with Crippen LogP contribution in [0.25, 0.3) is 11.0 Å². The first-order chi connectivity index (χ1) is 19.6. The van der Waals surface area contributed by atoms with E-state index in [1.165, 1.54) is 19.8 Å². The molecule has 4 N–H and O–H groups in total. The Morgan fingerprint density at radius 1 is 1.07 bits per heavy atom. The third-order valence-corrected chi connectivity index (χ3v) is 5.31. The number of nitrogens with two attached hydrogens (primary N) is 1. The minimum Gasteiger partial charge on any atom is -0.464 e. The molecule has 220 valence electrons. The van der Waals surface area contributed by atoms with Gasteiger partial charge in [-0.15, -0.1) is 0 Å². The zero-order chi connectivity index (χ0) is 31.2. The van der Waals surface area contributed by atoms with Crippen LogP contribution in [0.1, 0.15) is 69.7 Å². The van der Waals surface area contributed by atoms with Gasteiger partial charge in [-0.25, -0.2) is 0 Å². The number of nitrogens with zero attached hydrogens (tertiary/aromatic N) is 2. The van der Waals surface area contributed by atoms with Gasteiger partial charge in [0.25, 0.3) is 0 Å². The minimum absolute atomic E-state index is 0.195. The molecule has 41 heavy (non-hydrogen) atoms. The Morgan fingerprint density at radius 3 is 2.20 bits per heavy atom. The number of fused-ring (bicyclic) bond motifs is 1. The summed E-state index contributed by atoms with van der Waals surface area (Å²) in [5.41, 5.74) is 7.67. The molecule has 0 saturated carbocycles. The van der Waals surface area contributed by atoms with Crippen LogP contribution in [0.5, 0.6) is 0 Å². The van der Waals surface area contributed by atoms with E-state index in [2.05, 4.69) is 39.5 Å². The van der Waals surface area contributed by atoms with Gasteiger partial charge in [-0.2, -0.15) is 10.5 Å². The quantitative estimate of drug-likeness (QED) is 0.235. The van der Waals surface area contributed by atoms with E-state index in [4.69, 9.17) is 19.2 Å². The van der Waals surface area contributed by atoms with Crippen molar-refractivity contribution in [1.29, 1.82) is 10.5 Å². The van der Waals surface area contributed by atoms with Crippen LogP contribution in [0.15, 0.2) is 53.1 Å². The van der Waals surface area contributed by atoms with Gasteiger partial charge >= 0.3 is 7.12 Å². The van der Waals surface area contributed by atoms with Gasteiger partial charge in [0.2, 0.25) is 6.41 Å². The van der Waals surface area contributed by atoms with E-state index in [1.54, 1.807) is 18.4 Å². The van der Waals surface area contributed by atoms with Crippen LogP contribution in [-0.4, -0.2) is 42.0 Å². The number of hydrogen-bond acceptors (Lipinski definition) is 8. The zero-order valence-electron chi connectivity index (χ0n) is 24.7. The standard InChI is InChI=1S/C24H23BN2O5.2C3H8.CH3NO/c1-16(28)20(14-27)11-18-8-17(9-19(10-18)13-26)6-7-31-24(25(29)30)12-21-15-32-23-5-3-2-4-22(21)23;2*1-3-2;2-1-3/h2-5,8-10,15,20,24,29-30H,6-7,11-12H2,1H3;2*3H2,1-2H3;1H,(H2,2,3). The molecule has 2 atom stereocenters. The van der Waals surface area contributed by atoms with Crippen LogP contribution in [0, 0.1) is 28.6 Å². The topological polar surface area (TPSA) is 171 Å². The van der Waals surface area contributed by atoms with E-state index in [1.807, 2.05) is 36.4 Å². The number of rotatable bonds is 10. The molecule has 2 unspecified atom stereocenters. The normalized spacial score (nSPS) is 11.0. The first-order valence-corrected chi connectivity index (χ1v) is 13.7. The maximum atomic E-state index is 11.6. The summed E-state index contributed by atoms with van der Waals surface area (Å²) in [5.74, 6) is -0.974. The van der Waals surface area contributed by atoms with Gasteiger partial charge in [-0.3, -0.25) is 9.59 Å². The zero-order valence-corrected chi connectivity index (χ0v) is 24.7. The van der Waals surface area contributed by atoms with E-state index in [0.29, 0.717) is 12.0 Å². The smallest absolute Gasteiger partial charge is 0.464 e. The highest BCUT2D eigenvalue weighted by Crippen LogP contribution is 2.23. The Morgan fingerprint density at radius 2 is 1.66 bits per heavy atom. The summed E-state index contributed by atoms with van der Waals surface area (Å²) >= 11 is 0. The van der Waals surface area contributed by atoms with Crippen LogP contribution < -0.4 is 5.73 Å². The lowest BCUT2D eigenvalue weighted by Gasteiger charge is -2.17. The van der Waals surface area contributed by atoms with Gasteiger partial charge in [0, 0.05) is 17.4 Å². The molecule has 2 aromatic carbocycles. The summed E-state index contributed by atoms with van der Waals surface area (Å²) in [6.45, 7) is 10.1. The average molecular weight is 564 g/mol. The van der Waals surface area contributed by atoms with Gasteiger partial charge in [-0.1, -0.05) is 64.8 Å². The molecular weight excluding hydrogens is 521 g/mol. The number of Topliss-reactive ketones (excluding diaryl/α,β-unsaturated/α-hetero) is 1. The molecule has 0 aliphatic rings. The Hall–Kier alpha value is -3.96. The number of carbonyl (C=O) groups is 2. The maximum absolute atomic E-state index is 11.6. The highest BCUT2D eigenvalue weighted by atomic mass is 16.5. The Balaban J connectivity index is 0.00000157. The predicted molar refractivity (Wildman–Crippen MR) is 160 cm³/mol. The number of nitriles is 2. The van der Waals surface area contributed by atoms with Gasteiger partial charge in [-0.05, 0) is 49.1 Å². The molecular formula is C31H42BN3O6. The Bertz CT molecular complexity index is 1260. The molecule has 9 nitrogen and oxygen atoms in total. The van der Waals surface area contributed by atoms with E-state index < -0.39 is 19.0 Å². The molecule has 0 radical (unpaired) electrons. The number of furan rings is 1. The largest absolute Gasteiger partial charge is 0.482 e. The molecule has 10 heteroatoms. The minimum atomic E-state index is -1.67. The fourth-order valence-corrected chi connectivity index (χ4v) is 3.59. The fourth-order valence-electron chi connectivity index (χ4n) is 3.59. The van der Waals surface area contributed by atoms with Crippen LogP contribution in [-0.2, 0) is 33.6 Å².